The number of carbonyl (C=O) groups is 1. The van der Waals surface area contributed by atoms with Crippen LogP contribution < -0.4 is 10.5 Å². The number of anilines is 1. The summed E-state index contributed by atoms with van der Waals surface area (Å²) < 4.78 is 77.3. The minimum Gasteiger partial charge on any atom is -0.338 e. The molecule has 0 radical (unpaired) electrons. The molecule has 0 saturated carbocycles. The van der Waals surface area contributed by atoms with Gasteiger partial charge >= 0.3 is 12.4 Å². The lowest BCUT2D eigenvalue weighted by molar-refractivity contribution is -0.142. The van der Waals surface area contributed by atoms with Gasteiger partial charge in [-0.05, 0) is 19.4 Å². The summed E-state index contributed by atoms with van der Waals surface area (Å²) in [4.78, 5) is 42.5. The average molecular weight is 505 g/mol. The van der Waals surface area contributed by atoms with E-state index in [1.165, 1.54) is 0 Å². The molecule has 0 bridgehead atoms. The molecule has 2 aromatic heterocycles. The van der Waals surface area contributed by atoms with Gasteiger partial charge in [0.2, 0.25) is 17.5 Å². The Morgan fingerprint density at radius 3 is 2.26 bits per heavy atom. The highest BCUT2D eigenvalue weighted by Crippen LogP contribution is 2.32. The van der Waals surface area contributed by atoms with E-state index in [1.807, 2.05) is 0 Å². The fourth-order valence-corrected chi connectivity index (χ4v) is 4.19. The maximum Gasteiger partial charge on any atom is 0.438 e. The van der Waals surface area contributed by atoms with Crippen molar-refractivity contribution >= 4 is 11.9 Å². The lowest BCUT2D eigenvalue weighted by Crippen LogP contribution is -2.51. The van der Waals surface area contributed by atoms with Crippen LogP contribution in [0.5, 0.6) is 0 Å². The Hall–Kier alpha value is -3.23. The van der Waals surface area contributed by atoms with Gasteiger partial charge in [0.25, 0.3) is 5.56 Å². The second-order valence-electron chi connectivity index (χ2n) is 8.27. The van der Waals surface area contributed by atoms with Gasteiger partial charge in [0.05, 0.1) is 23.8 Å². The molecule has 1 amide bonds. The number of aromatic nitrogens is 4. The third-order valence-corrected chi connectivity index (χ3v) is 6.00. The third kappa shape index (κ3) is 5.55. The first-order chi connectivity index (χ1) is 16.4. The first kappa shape index (κ1) is 24.9. The van der Waals surface area contributed by atoms with Gasteiger partial charge in [0.15, 0.2) is 0 Å². The van der Waals surface area contributed by atoms with E-state index in [9.17, 15) is 35.9 Å². The summed E-state index contributed by atoms with van der Waals surface area (Å²) in [6, 6.07) is -0.543. The second kappa shape index (κ2) is 9.43. The Labute approximate surface area is 194 Å². The highest BCUT2D eigenvalue weighted by Gasteiger charge is 2.38. The fourth-order valence-electron chi connectivity index (χ4n) is 4.19. The van der Waals surface area contributed by atoms with E-state index in [0.29, 0.717) is 44.9 Å². The van der Waals surface area contributed by atoms with Crippen LogP contribution in [0.1, 0.15) is 35.8 Å². The summed E-state index contributed by atoms with van der Waals surface area (Å²) >= 11 is 0. The van der Waals surface area contributed by atoms with Crippen molar-refractivity contribution in [3.05, 3.63) is 45.9 Å². The molecule has 35 heavy (non-hydrogen) atoms. The zero-order valence-corrected chi connectivity index (χ0v) is 18.2. The lowest BCUT2D eigenvalue weighted by Gasteiger charge is -2.36. The van der Waals surface area contributed by atoms with Crippen LogP contribution in [0.15, 0.2) is 23.4 Å². The van der Waals surface area contributed by atoms with Crippen LogP contribution in [0.25, 0.3) is 0 Å². The molecule has 15 heteroatoms. The van der Waals surface area contributed by atoms with Crippen molar-refractivity contribution in [1.29, 1.82) is 0 Å². The van der Waals surface area contributed by atoms with Gasteiger partial charge in [0, 0.05) is 44.8 Å². The van der Waals surface area contributed by atoms with Crippen LogP contribution in [0, 0.1) is 0 Å². The van der Waals surface area contributed by atoms with Crippen molar-refractivity contribution in [2.24, 2.45) is 0 Å². The van der Waals surface area contributed by atoms with Crippen molar-refractivity contribution < 1.29 is 31.1 Å². The number of hydrogen-bond acceptors (Lipinski definition) is 7. The number of alkyl halides is 6. The molecular weight excluding hydrogens is 484 g/mol. The Morgan fingerprint density at radius 1 is 1.00 bits per heavy atom. The minimum absolute atomic E-state index is 0.0381. The Morgan fingerprint density at radius 2 is 1.66 bits per heavy atom. The van der Waals surface area contributed by atoms with E-state index < -0.39 is 35.2 Å². The SMILES string of the molecule is O=C(CN1CCCC1c1c[nH]c(=O)c(C(F)(F)F)n1)N1CCN(c2ncc(C(F)(F)F)cn2)CC1. The maximum atomic E-state index is 13.1. The van der Waals surface area contributed by atoms with Crippen molar-refractivity contribution in [3.63, 3.8) is 0 Å². The van der Waals surface area contributed by atoms with Crippen LogP contribution in [0.4, 0.5) is 32.3 Å². The molecule has 4 heterocycles. The topological polar surface area (TPSA) is 98.3 Å². The van der Waals surface area contributed by atoms with Crippen LogP contribution in [-0.2, 0) is 17.1 Å². The summed E-state index contributed by atoms with van der Waals surface area (Å²) in [7, 11) is 0. The van der Waals surface area contributed by atoms with E-state index in [1.54, 1.807) is 14.7 Å². The van der Waals surface area contributed by atoms with E-state index in [2.05, 4.69) is 19.9 Å². The number of likely N-dealkylation sites (tertiary alicyclic amines) is 1. The normalized spacial score (nSPS) is 19.9. The summed E-state index contributed by atoms with van der Waals surface area (Å²) in [5.74, 6) is -0.0975. The summed E-state index contributed by atoms with van der Waals surface area (Å²) in [6.07, 6.45) is -5.71. The van der Waals surface area contributed by atoms with Crippen molar-refractivity contribution in [2.45, 2.75) is 31.2 Å². The molecule has 1 unspecified atom stereocenters. The molecule has 2 aromatic rings. The number of aromatic amines is 1. The number of amides is 1. The molecule has 0 spiro atoms. The molecule has 2 fully saturated rings. The summed E-state index contributed by atoms with van der Waals surface area (Å²) in [5.41, 5.74) is -3.74. The van der Waals surface area contributed by atoms with E-state index >= 15 is 0 Å². The number of hydrogen-bond donors (Lipinski definition) is 1. The average Bonchev–Trinajstić information content (AvgIpc) is 3.26. The molecule has 1 atom stereocenters. The Balaban J connectivity index is 1.36. The highest BCUT2D eigenvalue weighted by atomic mass is 19.4. The van der Waals surface area contributed by atoms with Crippen LogP contribution >= 0.6 is 0 Å². The Kier molecular flexibility index (Phi) is 6.71. The molecule has 9 nitrogen and oxygen atoms in total. The van der Waals surface area contributed by atoms with Gasteiger partial charge in [-0.15, -0.1) is 0 Å². The highest BCUT2D eigenvalue weighted by molar-refractivity contribution is 5.78. The number of halogens is 6. The molecule has 4 rings (SSSR count). The van der Waals surface area contributed by atoms with Crippen LogP contribution in [0.3, 0.4) is 0 Å². The number of rotatable bonds is 4. The molecule has 2 aliphatic heterocycles. The molecular formula is C20H21F6N7O2. The molecule has 1 N–H and O–H groups in total. The summed E-state index contributed by atoms with van der Waals surface area (Å²) in [5, 5.41) is 0. The van der Waals surface area contributed by atoms with E-state index in [-0.39, 0.29) is 37.2 Å². The van der Waals surface area contributed by atoms with Gasteiger partial charge in [-0.3, -0.25) is 14.5 Å². The molecule has 2 saturated heterocycles. The monoisotopic (exact) mass is 505 g/mol. The van der Waals surface area contributed by atoms with Gasteiger partial charge in [-0.25, -0.2) is 15.0 Å². The van der Waals surface area contributed by atoms with Gasteiger partial charge in [-0.1, -0.05) is 0 Å². The third-order valence-electron chi connectivity index (χ3n) is 6.00. The van der Waals surface area contributed by atoms with Crippen molar-refractivity contribution in [2.75, 3.05) is 44.2 Å². The zero-order chi connectivity index (χ0) is 25.4. The smallest absolute Gasteiger partial charge is 0.338 e. The van der Waals surface area contributed by atoms with E-state index in [4.69, 9.17) is 0 Å². The quantitative estimate of drug-likeness (QED) is 0.636. The predicted octanol–water partition coefficient (Wildman–Crippen LogP) is 2.08. The number of nitrogens with zero attached hydrogens (tertiary/aromatic N) is 6. The second-order valence-corrected chi connectivity index (χ2v) is 8.27. The molecule has 0 aliphatic carbocycles. The Bertz CT molecular complexity index is 1110. The van der Waals surface area contributed by atoms with Crippen molar-refractivity contribution in [3.8, 4) is 0 Å². The number of nitrogens with one attached hydrogen (secondary N) is 1. The van der Waals surface area contributed by atoms with E-state index in [0.717, 1.165) is 6.20 Å². The van der Waals surface area contributed by atoms with Gasteiger partial charge < -0.3 is 14.8 Å². The maximum absolute atomic E-state index is 13.1. The fraction of sp³-hybridized carbons (Fsp3) is 0.550. The van der Waals surface area contributed by atoms with Crippen LogP contribution in [-0.4, -0.2) is 74.9 Å². The number of piperazine rings is 1. The van der Waals surface area contributed by atoms with Crippen molar-refractivity contribution in [1.82, 2.24) is 29.7 Å². The largest absolute Gasteiger partial charge is 0.438 e. The van der Waals surface area contributed by atoms with Gasteiger partial charge in [-0.2, -0.15) is 26.3 Å². The van der Waals surface area contributed by atoms with Crippen LogP contribution in [0.2, 0.25) is 0 Å². The standard InChI is InChI=1S/C20H21F6N7O2/c21-19(22,23)12-8-28-18(29-9-12)32-6-4-31(5-7-32)15(34)11-33-3-1-2-14(33)13-10-27-17(35)16(30-13)20(24,25)26/h8-10,14H,1-7,11H2,(H,27,35). The molecule has 0 aromatic carbocycles. The predicted molar refractivity (Wildman–Crippen MR) is 109 cm³/mol. The first-order valence-corrected chi connectivity index (χ1v) is 10.8. The zero-order valence-electron chi connectivity index (χ0n) is 18.2. The first-order valence-electron chi connectivity index (χ1n) is 10.8. The number of H-pyrrole nitrogens is 1. The lowest BCUT2D eigenvalue weighted by atomic mass is 10.1. The van der Waals surface area contributed by atoms with Gasteiger partial charge in [0.1, 0.15) is 0 Å². The number of carbonyl (C=O) groups excluding carboxylic acids is 1. The molecule has 190 valence electrons. The minimum atomic E-state index is -4.89. The molecule has 2 aliphatic rings. The summed E-state index contributed by atoms with van der Waals surface area (Å²) in [6.45, 7) is 1.66.